The molecule has 0 bridgehead atoms. The Morgan fingerprint density at radius 1 is 1.52 bits per heavy atom. The van der Waals surface area contributed by atoms with Crippen molar-refractivity contribution in [2.24, 2.45) is 7.05 Å². The van der Waals surface area contributed by atoms with Gasteiger partial charge in [-0.3, -0.25) is 4.79 Å². The van der Waals surface area contributed by atoms with Gasteiger partial charge in [-0.2, -0.15) is 0 Å². The normalized spacial score (nSPS) is 18.4. The second-order valence-electron chi connectivity index (χ2n) is 5.67. The number of carbonyl (C=O) groups excluding carboxylic acids is 1. The van der Waals surface area contributed by atoms with Gasteiger partial charge in [0.05, 0.1) is 18.8 Å². The lowest BCUT2D eigenvalue weighted by Gasteiger charge is -2.32. The number of rotatable bonds is 4. The maximum absolute atomic E-state index is 12.4. The third-order valence-corrected chi connectivity index (χ3v) is 4.03. The Morgan fingerprint density at radius 2 is 2.35 bits per heavy atom. The van der Waals surface area contributed by atoms with Crippen molar-refractivity contribution in [1.82, 2.24) is 19.6 Å². The van der Waals surface area contributed by atoms with Gasteiger partial charge in [0.2, 0.25) is 5.91 Å². The molecule has 2 aromatic heterocycles. The maximum Gasteiger partial charge on any atom is 0.223 e. The van der Waals surface area contributed by atoms with E-state index in [0.717, 1.165) is 11.5 Å². The van der Waals surface area contributed by atoms with E-state index in [-0.39, 0.29) is 12.0 Å². The van der Waals surface area contributed by atoms with Crippen LogP contribution in [0, 0.1) is 6.92 Å². The summed E-state index contributed by atoms with van der Waals surface area (Å²) >= 11 is 5.70. The van der Waals surface area contributed by atoms with Crippen LogP contribution in [0.1, 0.15) is 29.8 Å². The predicted octanol–water partition coefficient (Wildman–Crippen LogP) is 1.90. The van der Waals surface area contributed by atoms with Crippen molar-refractivity contribution < 1.29 is 14.1 Å². The lowest BCUT2D eigenvalue weighted by Crippen LogP contribution is -2.42. The molecule has 0 spiro atoms. The number of carbonyl (C=O) groups is 1. The van der Waals surface area contributed by atoms with Crippen molar-refractivity contribution >= 4 is 17.5 Å². The van der Waals surface area contributed by atoms with Gasteiger partial charge in [-0.1, -0.05) is 16.8 Å². The molecule has 1 saturated heterocycles. The highest BCUT2D eigenvalue weighted by Gasteiger charge is 2.28. The van der Waals surface area contributed by atoms with Crippen LogP contribution in [0.15, 0.2) is 16.8 Å². The summed E-state index contributed by atoms with van der Waals surface area (Å²) in [6, 6.07) is 1.63. The summed E-state index contributed by atoms with van der Waals surface area (Å²) in [6.07, 6.45) is 2.61. The quantitative estimate of drug-likeness (QED) is 0.851. The van der Waals surface area contributed by atoms with E-state index in [0.29, 0.717) is 43.5 Å². The van der Waals surface area contributed by atoms with Crippen LogP contribution in [0.2, 0.25) is 5.15 Å². The number of imidazole rings is 1. The Bertz CT molecular complexity index is 697. The smallest absolute Gasteiger partial charge is 0.223 e. The van der Waals surface area contributed by atoms with Crippen molar-refractivity contribution in [3.05, 3.63) is 34.7 Å². The van der Waals surface area contributed by atoms with Crippen LogP contribution in [-0.4, -0.2) is 45.2 Å². The van der Waals surface area contributed by atoms with Gasteiger partial charge in [-0.15, -0.1) is 0 Å². The van der Waals surface area contributed by atoms with Gasteiger partial charge in [-0.05, 0) is 6.92 Å². The van der Waals surface area contributed by atoms with Crippen LogP contribution in [0.3, 0.4) is 0 Å². The topological polar surface area (TPSA) is 73.4 Å². The van der Waals surface area contributed by atoms with Crippen molar-refractivity contribution in [3.63, 3.8) is 0 Å². The Morgan fingerprint density at radius 3 is 3.00 bits per heavy atom. The minimum Gasteiger partial charge on any atom is -0.367 e. The zero-order valence-electron chi connectivity index (χ0n) is 13.2. The molecule has 1 aliphatic rings. The van der Waals surface area contributed by atoms with Crippen LogP contribution in [0.25, 0.3) is 0 Å². The third-order valence-electron chi connectivity index (χ3n) is 3.86. The summed E-state index contributed by atoms with van der Waals surface area (Å²) < 4.78 is 12.8. The molecule has 7 nitrogen and oxygen atoms in total. The van der Waals surface area contributed by atoms with Gasteiger partial charge in [0.25, 0.3) is 0 Å². The number of nitrogens with zero attached hydrogens (tertiary/aromatic N) is 4. The van der Waals surface area contributed by atoms with Crippen molar-refractivity contribution in [3.8, 4) is 0 Å². The first-order chi connectivity index (χ1) is 11.0. The second-order valence-corrected chi connectivity index (χ2v) is 6.05. The third kappa shape index (κ3) is 3.73. The maximum atomic E-state index is 12.4. The molecular formula is C15H19ClN4O3. The van der Waals surface area contributed by atoms with E-state index in [9.17, 15) is 4.79 Å². The summed E-state index contributed by atoms with van der Waals surface area (Å²) in [6.45, 7) is 3.56. The number of aryl methyl sites for hydroxylation is 3. The van der Waals surface area contributed by atoms with Gasteiger partial charge in [0.1, 0.15) is 17.7 Å². The van der Waals surface area contributed by atoms with E-state index >= 15 is 0 Å². The number of hydrogen-bond donors (Lipinski definition) is 0. The summed E-state index contributed by atoms with van der Waals surface area (Å²) in [7, 11) is 1.94. The average molecular weight is 339 g/mol. The van der Waals surface area contributed by atoms with Gasteiger partial charge in [0.15, 0.2) is 5.15 Å². The highest BCUT2D eigenvalue weighted by Crippen LogP contribution is 2.22. The molecule has 1 atom stereocenters. The number of ether oxygens (including phenoxy) is 1. The van der Waals surface area contributed by atoms with Crippen LogP contribution < -0.4 is 0 Å². The molecule has 0 saturated carbocycles. The fraction of sp³-hybridized carbons (Fsp3) is 0.533. The molecule has 8 heteroatoms. The summed E-state index contributed by atoms with van der Waals surface area (Å²) in [5, 5.41) is 3.91. The lowest BCUT2D eigenvalue weighted by atomic mass is 10.2. The Balaban J connectivity index is 1.59. The van der Waals surface area contributed by atoms with E-state index in [1.165, 1.54) is 0 Å². The van der Waals surface area contributed by atoms with Crippen LogP contribution in [0.4, 0.5) is 0 Å². The zero-order valence-corrected chi connectivity index (χ0v) is 13.9. The number of amides is 1. The van der Waals surface area contributed by atoms with Crippen LogP contribution in [-0.2, 0) is 23.0 Å². The van der Waals surface area contributed by atoms with E-state index in [1.54, 1.807) is 6.07 Å². The molecule has 0 unspecified atom stereocenters. The summed E-state index contributed by atoms with van der Waals surface area (Å²) in [4.78, 5) is 18.7. The Hall–Kier alpha value is -1.86. The van der Waals surface area contributed by atoms with E-state index in [1.807, 2.05) is 29.6 Å². The molecule has 23 heavy (non-hydrogen) atoms. The molecule has 3 heterocycles. The molecule has 3 rings (SSSR count). The van der Waals surface area contributed by atoms with Gasteiger partial charge in [-0.25, -0.2) is 4.98 Å². The molecule has 2 aromatic rings. The van der Waals surface area contributed by atoms with Crippen molar-refractivity contribution in [1.29, 1.82) is 0 Å². The van der Waals surface area contributed by atoms with Crippen LogP contribution in [0.5, 0.6) is 0 Å². The minimum atomic E-state index is -0.189. The molecule has 0 aromatic carbocycles. The zero-order chi connectivity index (χ0) is 16.4. The van der Waals surface area contributed by atoms with Crippen molar-refractivity contribution in [2.45, 2.75) is 25.9 Å². The average Bonchev–Trinajstić information content (AvgIpc) is 3.10. The highest BCUT2D eigenvalue weighted by atomic mass is 35.5. The number of aromatic nitrogens is 3. The van der Waals surface area contributed by atoms with Gasteiger partial charge < -0.3 is 18.7 Å². The Labute approximate surface area is 139 Å². The summed E-state index contributed by atoms with van der Waals surface area (Å²) in [5.41, 5.74) is 0.941. The molecule has 0 radical (unpaired) electrons. The van der Waals surface area contributed by atoms with Crippen LogP contribution >= 0.6 is 11.6 Å². The number of morpholine rings is 1. The molecule has 1 fully saturated rings. The van der Waals surface area contributed by atoms with Crippen molar-refractivity contribution in [2.75, 3.05) is 19.7 Å². The highest BCUT2D eigenvalue weighted by molar-refractivity contribution is 6.29. The Kier molecular flexibility index (Phi) is 4.68. The molecule has 0 N–H and O–H groups in total. The fourth-order valence-electron chi connectivity index (χ4n) is 2.76. The number of halogens is 1. The molecular weight excluding hydrogens is 320 g/mol. The fourth-order valence-corrected chi connectivity index (χ4v) is 2.92. The molecule has 1 amide bonds. The standard InChI is InChI=1S/C15H19ClN4O3/c1-10-8-19(2)15(17-10)12-9-20(5-6-22-12)14(21)4-3-11-7-13(16)18-23-11/h7-8,12H,3-6,9H2,1-2H3/t12-/m0/s1. The number of hydrogen-bond acceptors (Lipinski definition) is 5. The predicted molar refractivity (Wildman–Crippen MR) is 83.1 cm³/mol. The van der Waals surface area contributed by atoms with E-state index in [2.05, 4.69) is 10.1 Å². The first kappa shape index (κ1) is 16.0. The van der Waals surface area contributed by atoms with E-state index in [4.69, 9.17) is 20.9 Å². The first-order valence-corrected chi connectivity index (χ1v) is 7.91. The monoisotopic (exact) mass is 338 g/mol. The molecule has 1 aliphatic heterocycles. The SMILES string of the molecule is Cc1cn(C)c([C@@H]2CN(C(=O)CCc3cc(Cl)no3)CCO2)n1. The van der Waals surface area contributed by atoms with E-state index < -0.39 is 0 Å². The first-order valence-electron chi connectivity index (χ1n) is 7.53. The van der Waals surface area contributed by atoms with Gasteiger partial charge in [0, 0.05) is 38.7 Å². The second kappa shape index (κ2) is 6.72. The summed E-state index contributed by atoms with van der Waals surface area (Å²) in [5.74, 6) is 1.53. The lowest BCUT2D eigenvalue weighted by molar-refractivity contribution is -0.139. The molecule has 124 valence electrons. The minimum absolute atomic E-state index is 0.0664. The largest absolute Gasteiger partial charge is 0.367 e. The molecule has 0 aliphatic carbocycles. The van der Waals surface area contributed by atoms with Gasteiger partial charge >= 0.3 is 0 Å².